The Bertz CT molecular complexity index is 564. The van der Waals surface area contributed by atoms with Gasteiger partial charge in [-0.2, -0.15) is 0 Å². The summed E-state index contributed by atoms with van der Waals surface area (Å²) in [5, 5.41) is 2.60. The number of hydrogen-bond donors (Lipinski definition) is 1. The zero-order valence-electron chi connectivity index (χ0n) is 10.9. The monoisotopic (exact) mass is 259 g/mol. The van der Waals surface area contributed by atoms with Gasteiger partial charge in [-0.25, -0.2) is 0 Å². The highest BCUT2D eigenvalue weighted by Gasteiger charge is 2.26. The predicted octanol–water partition coefficient (Wildman–Crippen LogP) is 3.86. The van der Waals surface area contributed by atoms with Crippen molar-refractivity contribution in [3.63, 3.8) is 0 Å². The highest BCUT2D eigenvalue weighted by atomic mass is 32.1. The molecule has 18 heavy (non-hydrogen) atoms. The van der Waals surface area contributed by atoms with Crippen molar-refractivity contribution in [1.29, 1.82) is 0 Å². The molecule has 2 nitrogen and oxygen atoms in total. The molecule has 0 unspecified atom stereocenters. The number of rotatable bonds is 2. The van der Waals surface area contributed by atoms with E-state index in [-0.39, 0.29) is 11.2 Å². The average molecular weight is 259 g/mol. The van der Waals surface area contributed by atoms with Crippen molar-refractivity contribution in [1.82, 2.24) is 0 Å². The highest BCUT2D eigenvalue weighted by molar-refractivity contribution is 7.14. The molecular weight excluding hydrogens is 242 g/mol. The molecule has 1 heterocycles. The second-order valence-electron chi connectivity index (χ2n) is 5.33. The number of nitrogen functional groups attached to an aromatic ring is 1. The van der Waals surface area contributed by atoms with E-state index in [1.807, 2.05) is 35.7 Å². The van der Waals surface area contributed by atoms with Crippen molar-refractivity contribution >= 4 is 22.1 Å². The summed E-state index contributed by atoms with van der Waals surface area (Å²) in [6.45, 7) is 6.28. The van der Waals surface area contributed by atoms with Crippen LogP contribution in [-0.4, -0.2) is 5.78 Å². The molecule has 0 radical (unpaired) electrons. The fourth-order valence-electron chi connectivity index (χ4n) is 1.89. The first-order valence-corrected chi connectivity index (χ1v) is 6.76. The Labute approximate surface area is 111 Å². The van der Waals surface area contributed by atoms with Crippen LogP contribution in [-0.2, 0) is 5.41 Å². The van der Waals surface area contributed by atoms with Gasteiger partial charge in [-0.1, -0.05) is 51.1 Å². The predicted molar refractivity (Wildman–Crippen MR) is 77.3 cm³/mol. The van der Waals surface area contributed by atoms with E-state index in [1.54, 1.807) is 0 Å². The quantitative estimate of drug-likeness (QED) is 0.832. The lowest BCUT2D eigenvalue weighted by molar-refractivity contribution is 0.103. The van der Waals surface area contributed by atoms with Gasteiger partial charge in [-0.15, -0.1) is 11.3 Å². The molecule has 3 heteroatoms. The van der Waals surface area contributed by atoms with Gasteiger partial charge in [0.05, 0.1) is 10.6 Å². The van der Waals surface area contributed by atoms with Crippen LogP contribution in [0, 0.1) is 0 Å². The summed E-state index contributed by atoms with van der Waals surface area (Å²) in [6.07, 6.45) is 0. The van der Waals surface area contributed by atoms with Gasteiger partial charge in [0.2, 0.25) is 0 Å². The summed E-state index contributed by atoms with van der Waals surface area (Å²) in [5.41, 5.74) is 8.28. The molecule has 0 spiro atoms. The molecule has 2 aromatic rings. The van der Waals surface area contributed by atoms with Crippen molar-refractivity contribution in [3.8, 4) is 0 Å². The first kappa shape index (κ1) is 12.8. The number of hydrogen-bond acceptors (Lipinski definition) is 3. The van der Waals surface area contributed by atoms with Crippen molar-refractivity contribution in [2.75, 3.05) is 5.73 Å². The third kappa shape index (κ3) is 2.31. The number of carbonyl (C=O) groups is 1. The van der Waals surface area contributed by atoms with E-state index < -0.39 is 0 Å². The summed E-state index contributed by atoms with van der Waals surface area (Å²) in [4.78, 5) is 12.5. The molecule has 0 bridgehead atoms. The minimum absolute atomic E-state index is 0.0132. The Balaban J connectivity index is 2.52. The van der Waals surface area contributed by atoms with Crippen LogP contribution in [0.5, 0.6) is 0 Å². The fourth-order valence-corrected chi connectivity index (χ4v) is 2.93. The standard InChI is InChI=1S/C15H17NOS/c1-15(2,3)11-9-18-14(16)12(11)13(17)10-7-5-4-6-8-10/h4-9H,16H2,1-3H3. The van der Waals surface area contributed by atoms with Crippen LogP contribution in [0.15, 0.2) is 35.7 Å². The Hall–Kier alpha value is -1.61. The number of nitrogens with two attached hydrogens (primary N) is 1. The minimum atomic E-state index is -0.0755. The summed E-state index contributed by atoms with van der Waals surface area (Å²) >= 11 is 1.44. The molecule has 0 aliphatic heterocycles. The van der Waals surface area contributed by atoms with Gasteiger partial charge in [0.25, 0.3) is 0 Å². The van der Waals surface area contributed by atoms with E-state index in [0.29, 0.717) is 16.1 Å². The van der Waals surface area contributed by atoms with Crippen molar-refractivity contribution in [3.05, 3.63) is 52.4 Å². The van der Waals surface area contributed by atoms with E-state index in [4.69, 9.17) is 5.73 Å². The molecule has 0 atom stereocenters. The zero-order chi connectivity index (χ0) is 13.3. The van der Waals surface area contributed by atoms with Gasteiger partial charge < -0.3 is 5.73 Å². The molecule has 2 N–H and O–H groups in total. The van der Waals surface area contributed by atoms with Crippen molar-refractivity contribution < 1.29 is 4.79 Å². The van der Waals surface area contributed by atoms with Gasteiger partial charge >= 0.3 is 0 Å². The smallest absolute Gasteiger partial charge is 0.196 e. The van der Waals surface area contributed by atoms with Gasteiger partial charge in [0.1, 0.15) is 0 Å². The molecular formula is C15H17NOS. The van der Waals surface area contributed by atoms with Gasteiger partial charge in [0, 0.05) is 5.56 Å². The first-order valence-electron chi connectivity index (χ1n) is 5.88. The third-order valence-electron chi connectivity index (χ3n) is 2.89. The Morgan fingerprint density at radius 2 is 1.78 bits per heavy atom. The molecule has 2 rings (SSSR count). The maximum atomic E-state index is 12.5. The van der Waals surface area contributed by atoms with Crippen LogP contribution in [0.4, 0.5) is 5.00 Å². The van der Waals surface area contributed by atoms with Crippen LogP contribution >= 0.6 is 11.3 Å². The zero-order valence-corrected chi connectivity index (χ0v) is 11.7. The largest absolute Gasteiger partial charge is 0.390 e. The molecule has 0 saturated carbocycles. The molecule has 0 fully saturated rings. The van der Waals surface area contributed by atoms with E-state index in [2.05, 4.69) is 20.8 Å². The average Bonchev–Trinajstić information content (AvgIpc) is 2.71. The van der Waals surface area contributed by atoms with Crippen molar-refractivity contribution in [2.45, 2.75) is 26.2 Å². The highest BCUT2D eigenvalue weighted by Crippen LogP contribution is 2.35. The molecule has 0 amide bonds. The van der Waals surface area contributed by atoms with Gasteiger partial charge in [-0.3, -0.25) is 4.79 Å². The second kappa shape index (κ2) is 4.58. The topological polar surface area (TPSA) is 43.1 Å². The summed E-state index contributed by atoms with van der Waals surface area (Å²) in [7, 11) is 0. The van der Waals surface area contributed by atoms with Crippen LogP contribution in [0.2, 0.25) is 0 Å². The van der Waals surface area contributed by atoms with E-state index in [1.165, 1.54) is 11.3 Å². The third-order valence-corrected chi connectivity index (χ3v) is 3.70. The maximum absolute atomic E-state index is 12.5. The Kier molecular flexibility index (Phi) is 3.26. The number of benzene rings is 1. The minimum Gasteiger partial charge on any atom is -0.390 e. The van der Waals surface area contributed by atoms with Crippen LogP contribution in [0.25, 0.3) is 0 Å². The number of ketones is 1. The maximum Gasteiger partial charge on any atom is 0.196 e. The molecule has 0 aliphatic rings. The van der Waals surface area contributed by atoms with Crippen LogP contribution in [0.1, 0.15) is 42.3 Å². The lowest BCUT2D eigenvalue weighted by atomic mass is 9.84. The lowest BCUT2D eigenvalue weighted by Crippen LogP contribution is -2.16. The number of anilines is 1. The van der Waals surface area contributed by atoms with Gasteiger partial charge in [-0.05, 0) is 16.4 Å². The van der Waals surface area contributed by atoms with Crippen LogP contribution in [0.3, 0.4) is 0 Å². The van der Waals surface area contributed by atoms with Crippen LogP contribution < -0.4 is 5.73 Å². The normalized spacial score (nSPS) is 11.5. The van der Waals surface area contributed by atoms with E-state index in [0.717, 1.165) is 5.56 Å². The molecule has 94 valence electrons. The number of carbonyl (C=O) groups excluding carboxylic acids is 1. The second-order valence-corrected chi connectivity index (χ2v) is 6.25. The van der Waals surface area contributed by atoms with E-state index in [9.17, 15) is 4.79 Å². The summed E-state index contributed by atoms with van der Waals surface area (Å²) in [5.74, 6) is 0.0132. The van der Waals surface area contributed by atoms with Gasteiger partial charge in [0.15, 0.2) is 5.78 Å². The summed E-state index contributed by atoms with van der Waals surface area (Å²) in [6, 6.07) is 9.29. The fraction of sp³-hybridized carbons (Fsp3) is 0.267. The van der Waals surface area contributed by atoms with E-state index >= 15 is 0 Å². The molecule has 0 saturated heterocycles. The Morgan fingerprint density at radius 1 is 1.17 bits per heavy atom. The molecule has 1 aromatic carbocycles. The SMILES string of the molecule is CC(C)(C)c1csc(N)c1C(=O)c1ccccc1. The lowest BCUT2D eigenvalue weighted by Gasteiger charge is -2.19. The molecule has 1 aromatic heterocycles. The Morgan fingerprint density at radius 3 is 2.33 bits per heavy atom. The van der Waals surface area contributed by atoms with Crippen molar-refractivity contribution in [2.24, 2.45) is 0 Å². The number of thiophene rings is 1. The summed E-state index contributed by atoms with van der Waals surface area (Å²) < 4.78 is 0. The first-order chi connectivity index (χ1) is 8.41. The molecule has 0 aliphatic carbocycles.